The van der Waals surface area contributed by atoms with Gasteiger partial charge >= 0.3 is 0 Å². The molecule has 2 aromatic carbocycles. The van der Waals surface area contributed by atoms with Gasteiger partial charge in [-0.15, -0.1) is 0 Å². The van der Waals surface area contributed by atoms with Crippen LogP contribution >= 0.6 is 0 Å². The van der Waals surface area contributed by atoms with Crippen LogP contribution in [0, 0.1) is 13.8 Å². The van der Waals surface area contributed by atoms with E-state index in [1.54, 1.807) is 7.11 Å². The molecule has 0 N–H and O–H groups in total. The van der Waals surface area contributed by atoms with E-state index in [4.69, 9.17) is 9.72 Å². The van der Waals surface area contributed by atoms with Gasteiger partial charge in [-0.1, -0.05) is 12.1 Å². The van der Waals surface area contributed by atoms with E-state index in [-0.39, 0.29) is 0 Å². The van der Waals surface area contributed by atoms with E-state index in [1.807, 2.05) is 25.2 Å². The molecule has 1 aromatic heterocycles. The summed E-state index contributed by atoms with van der Waals surface area (Å²) in [5.41, 5.74) is 5.80. The van der Waals surface area contributed by atoms with Gasteiger partial charge in [0, 0.05) is 18.7 Å². The Bertz CT molecular complexity index is 787. The maximum Gasteiger partial charge on any atom is 0.140 e. The smallest absolute Gasteiger partial charge is 0.140 e. The quantitative estimate of drug-likeness (QED) is 0.704. The van der Waals surface area contributed by atoms with Crippen LogP contribution in [-0.4, -0.2) is 16.7 Å². The first kappa shape index (κ1) is 12.7. The fourth-order valence-corrected chi connectivity index (χ4v) is 2.44. The largest absolute Gasteiger partial charge is 0.497 e. The summed E-state index contributed by atoms with van der Waals surface area (Å²) < 4.78 is 7.40. The van der Waals surface area contributed by atoms with Crippen LogP contribution < -0.4 is 4.74 Å². The van der Waals surface area contributed by atoms with Crippen LogP contribution in [0.4, 0.5) is 0 Å². The van der Waals surface area contributed by atoms with Gasteiger partial charge in [0.2, 0.25) is 0 Å². The maximum atomic E-state index is 5.29. The molecule has 3 rings (SSSR count). The summed E-state index contributed by atoms with van der Waals surface area (Å²) in [6.45, 7) is 4.25. The van der Waals surface area contributed by atoms with Gasteiger partial charge < -0.3 is 9.30 Å². The van der Waals surface area contributed by atoms with E-state index in [0.717, 1.165) is 28.2 Å². The first-order valence-electron chi connectivity index (χ1n) is 6.68. The van der Waals surface area contributed by atoms with Crippen LogP contribution in [-0.2, 0) is 7.05 Å². The van der Waals surface area contributed by atoms with Crippen molar-refractivity contribution >= 4 is 11.0 Å². The summed E-state index contributed by atoms with van der Waals surface area (Å²) in [5.74, 6) is 1.84. The molecule has 0 radical (unpaired) electrons. The second-order valence-electron chi connectivity index (χ2n) is 5.15. The molecule has 0 amide bonds. The highest BCUT2D eigenvalue weighted by atomic mass is 16.5. The molecule has 0 aliphatic carbocycles. The van der Waals surface area contributed by atoms with E-state index in [1.165, 1.54) is 11.1 Å². The number of aromatic nitrogens is 2. The third-order valence-electron chi connectivity index (χ3n) is 3.85. The molecule has 3 heteroatoms. The Morgan fingerprint density at radius 2 is 1.80 bits per heavy atom. The lowest BCUT2D eigenvalue weighted by molar-refractivity contribution is 0.415. The zero-order chi connectivity index (χ0) is 14.3. The molecular formula is C17H18N2O. The lowest BCUT2D eigenvalue weighted by Crippen LogP contribution is -1.93. The summed E-state index contributed by atoms with van der Waals surface area (Å²) in [6.07, 6.45) is 0. The van der Waals surface area contributed by atoms with Crippen molar-refractivity contribution in [3.8, 4) is 17.1 Å². The van der Waals surface area contributed by atoms with Crippen molar-refractivity contribution in [3.05, 3.63) is 47.5 Å². The standard InChI is InChI=1S/C17H18N2O/c1-11-5-6-13(9-12(11)2)17-18-15-8-7-14(20-4)10-16(15)19(17)3/h5-10H,1-4H3. The van der Waals surface area contributed by atoms with Gasteiger partial charge in [-0.05, 0) is 43.2 Å². The SMILES string of the molecule is COc1ccc2nc(-c3ccc(C)c(C)c3)n(C)c2c1. The molecule has 3 aromatic rings. The molecular weight excluding hydrogens is 248 g/mol. The van der Waals surface area contributed by atoms with Gasteiger partial charge in [-0.25, -0.2) is 4.98 Å². The van der Waals surface area contributed by atoms with Crippen molar-refractivity contribution in [2.75, 3.05) is 7.11 Å². The van der Waals surface area contributed by atoms with Gasteiger partial charge in [0.1, 0.15) is 11.6 Å². The van der Waals surface area contributed by atoms with Crippen molar-refractivity contribution in [1.82, 2.24) is 9.55 Å². The predicted molar refractivity (Wildman–Crippen MR) is 82.2 cm³/mol. The third kappa shape index (κ3) is 1.95. The van der Waals surface area contributed by atoms with E-state index < -0.39 is 0 Å². The fourth-order valence-electron chi connectivity index (χ4n) is 2.44. The topological polar surface area (TPSA) is 27.1 Å². The summed E-state index contributed by atoms with van der Waals surface area (Å²) in [4.78, 5) is 4.74. The molecule has 0 aliphatic rings. The Hall–Kier alpha value is -2.29. The second kappa shape index (κ2) is 4.67. The minimum atomic E-state index is 0.854. The highest BCUT2D eigenvalue weighted by molar-refractivity contribution is 5.82. The predicted octanol–water partition coefficient (Wildman–Crippen LogP) is 3.87. The number of rotatable bonds is 2. The normalized spacial score (nSPS) is 11.0. The van der Waals surface area contributed by atoms with Crippen LogP contribution in [0.3, 0.4) is 0 Å². The highest BCUT2D eigenvalue weighted by Crippen LogP contribution is 2.27. The molecule has 0 fully saturated rings. The zero-order valence-electron chi connectivity index (χ0n) is 12.3. The number of aryl methyl sites for hydroxylation is 3. The number of imidazole rings is 1. The first-order chi connectivity index (χ1) is 9.60. The molecule has 0 atom stereocenters. The van der Waals surface area contributed by atoms with Gasteiger partial charge in [-0.2, -0.15) is 0 Å². The van der Waals surface area contributed by atoms with Crippen molar-refractivity contribution < 1.29 is 4.74 Å². The van der Waals surface area contributed by atoms with Crippen LogP contribution in [0.25, 0.3) is 22.4 Å². The minimum Gasteiger partial charge on any atom is -0.497 e. The third-order valence-corrected chi connectivity index (χ3v) is 3.85. The Morgan fingerprint density at radius 1 is 1.00 bits per heavy atom. The van der Waals surface area contributed by atoms with Crippen LogP contribution in [0.2, 0.25) is 0 Å². The Kier molecular flexibility index (Phi) is 2.97. The Labute approximate surface area is 118 Å². The van der Waals surface area contributed by atoms with Gasteiger partial charge in [0.15, 0.2) is 0 Å². The Morgan fingerprint density at radius 3 is 2.50 bits per heavy atom. The van der Waals surface area contributed by atoms with Crippen molar-refractivity contribution in [2.45, 2.75) is 13.8 Å². The van der Waals surface area contributed by atoms with E-state index in [2.05, 4.69) is 36.6 Å². The van der Waals surface area contributed by atoms with E-state index >= 15 is 0 Å². The van der Waals surface area contributed by atoms with Gasteiger partial charge in [0.05, 0.1) is 18.1 Å². The molecule has 1 heterocycles. The number of methoxy groups -OCH3 is 1. The number of hydrogen-bond donors (Lipinski definition) is 0. The number of nitrogens with zero attached hydrogens (tertiary/aromatic N) is 2. The van der Waals surface area contributed by atoms with Crippen LogP contribution in [0.15, 0.2) is 36.4 Å². The fraction of sp³-hybridized carbons (Fsp3) is 0.235. The molecule has 0 spiro atoms. The highest BCUT2D eigenvalue weighted by Gasteiger charge is 2.11. The lowest BCUT2D eigenvalue weighted by atomic mass is 10.1. The molecule has 0 unspecified atom stereocenters. The summed E-state index contributed by atoms with van der Waals surface area (Å²) >= 11 is 0. The summed E-state index contributed by atoms with van der Waals surface area (Å²) in [7, 11) is 3.72. The molecule has 0 saturated carbocycles. The van der Waals surface area contributed by atoms with Gasteiger partial charge in [-0.3, -0.25) is 0 Å². The zero-order valence-corrected chi connectivity index (χ0v) is 12.3. The summed E-state index contributed by atoms with van der Waals surface area (Å²) in [5, 5.41) is 0. The number of benzene rings is 2. The first-order valence-corrected chi connectivity index (χ1v) is 6.68. The van der Waals surface area contributed by atoms with E-state index in [0.29, 0.717) is 0 Å². The van der Waals surface area contributed by atoms with Crippen LogP contribution in [0.1, 0.15) is 11.1 Å². The number of ether oxygens (including phenoxy) is 1. The number of fused-ring (bicyclic) bond motifs is 1. The van der Waals surface area contributed by atoms with Crippen molar-refractivity contribution in [1.29, 1.82) is 0 Å². The van der Waals surface area contributed by atoms with Crippen molar-refractivity contribution in [3.63, 3.8) is 0 Å². The molecule has 102 valence electrons. The van der Waals surface area contributed by atoms with E-state index in [9.17, 15) is 0 Å². The summed E-state index contributed by atoms with van der Waals surface area (Å²) in [6, 6.07) is 12.4. The molecule has 0 bridgehead atoms. The average molecular weight is 266 g/mol. The monoisotopic (exact) mass is 266 g/mol. The molecule has 0 aliphatic heterocycles. The Balaban J connectivity index is 2.21. The molecule has 0 saturated heterocycles. The van der Waals surface area contributed by atoms with Crippen molar-refractivity contribution in [2.24, 2.45) is 7.05 Å². The van der Waals surface area contributed by atoms with Crippen LogP contribution in [0.5, 0.6) is 5.75 Å². The molecule has 20 heavy (non-hydrogen) atoms. The molecule has 3 nitrogen and oxygen atoms in total. The lowest BCUT2D eigenvalue weighted by Gasteiger charge is -2.06. The second-order valence-corrected chi connectivity index (χ2v) is 5.15. The average Bonchev–Trinajstić information content (AvgIpc) is 2.79. The maximum absolute atomic E-state index is 5.29. The van der Waals surface area contributed by atoms with Gasteiger partial charge in [0.25, 0.3) is 0 Å². The number of hydrogen-bond acceptors (Lipinski definition) is 2. The minimum absolute atomic E-state index is 0.854.